The minimum atomic E-state index is -0.798. The molecule has 2 rings (SSSR count). The molecule has 0 fully saturated rings. The van der Waals surface area contributed by atoms with Crippen LogP contribution in [-0.2, 0) is 11.3 Å². The van der Waals surface area contributed by atoms with Crippen LogP contribution in [0, 0.1) is 6.92 Å². The number of nitrogens with one attached hydrogen (secondary N) is 1. The number of hydrogen-bond acceptors (Lipinski definition) is 6. The summed E-state index contributed by atoms with van der Waals surface area (Å²) >= 11 is 1.35. The van der Waals surface area contributed by atoms with Crippen molar-refractivity contribution in [1.29, 1.82) is 0 Å². The lowest BCUT2D eigenvalue weighted by atomic mass is 10.3. The van der Waals surface area contributed by atoms with Crippen LogP contribution in [0.3, 0.4) is 0 Å². The van der Waals surface area contributed by atoms with Crippen molar-refractivity contribution in [3.63, 3.8) is 0 Å². The maximum absolute atomic E-state index is 11.6. The third kappa shape index (κ3) is 3.58. The van der Waals surface area contributed by atoms with Gasteiger partial charge in [0, 0.05) is 24.7 Å². The van der Waals surface area contributed by atoms with Gasteiger partial charge >= 0.3 is 5.97 Å². The van der Waals surface area contributed by atoms with Gasteiger partial charge in [-0.2, -0.15) is 9.61 Å². The largest absolute Gasteiger partial charge is 0.481 e. The van der Waals surface area contributed by atoms with Crippen molar-refractivity contribution < 1.29 is 9.90 Å². The maximum Gasteiger partial charge on any atom is 0.303 e. The molecule has 0 amide bonds. The van der Waals surface area contributed by atoms with E-state index in [4.69, 9.17) is 5.11 Å². The Morgan fingerprint density at radius 2 is 2.37 bits per heavy atom. The van der Waals surface area contributed by atoms with E-state index in [9.17, 15) is 9.59 Å². The van der Waals surface area contributed by atoms with E-state index in [2.05, 4.69) is 15.4 Å². The van der Waals surface area contributed by atoms with Crippen molar-refractivity contribution in [2.45, 2.75) is 26.3 Å². The van der Waals surface area contributed by atoms with Gasteiger partial charge in [0.05, 0.1) is 0 Å². The fourth-order valence-corrected chi connectivity index (χ4v) is 2.51. The molecular formula is C11H14N4O3S. The van der Waals surface area contributed by atoms with Crippen LogP contribution in [-0.4, -0.2) is 32.2 Å². The van der Waals surface area contributed by atoms with Gasteiger partial charge in [-0.15, -0.1) is 0 Å². The lowest BCUT2D eigenvalue weighted by molar-refractivity contribution is -0.137. The van der Waals surface area contributed by atoms with Crippen molar-refractivity contribution in [3.05, 3.63) is 27.1 Å². The van der Waals surface area contributed by atoms with Gasteiger partial charge in [0.2, 0.25) is 4.96 Å². The average molecular weight is 282 g/mol. The molecule has 7 nitrogen and oxygen atoms in total. The molecule has 0 aliphatic carbocycles. The van der Waals surface area contributed by atoms with Gasteiger partial charge in [0.1, 0.15) is 5.01 Å². The minimum Gasteiger partial charge on any atom is -0.481 e. The molecule has 0 atom stereocenters. The summed E-state index contributed by atoms with van der Waals surface area (Å²) in [5, 5.41) is 16.5. The summed E-state index contributed by atoms with van der Waals surface area (Å²) in [7, 11) is 0. The quantitative estimate of drug-likeness (QED) is 0.745. The topological polar surface area (TPSA) is 96.6 Å². The third-order valence-corrected chi connectivity index (χ3v) is 3.34. The number of carbonyl (C=O) groups is 1. The van der Waals surface area contributed by atoms with Crippen LogP contribution >= 0.6 is 11.3 Å². The number of hydrogen-bond donors (Lipinski definition) is 2. The molecule has 0 aliphatic heterocycles. The fourth-order valence-electron chi connectivity index (χ4n) is 1.59. The first-order valence-electron chi connectivity index (χ1n) is 5.85. The number of aliphatic carboxylic acids is 1. The van der Waals surface area contributed by atoms with Gasteiger partial charge in [-0.25, -0.2) is 4.98 Å². The molecule has 0 bridgehead atoms. The van der Waals surface area contributed by atoms with E-state index in [0.29, 0.717) is 30.2 Å². The summed E-state index contributed by atoms with van der Waals surface area (Å²) in [5.41, 5.74) is 0.491. The Morgan fingerprint density at radius 3 is 3.11 bits per heavy atom. The molecule has 0 aliphatic rings. The second-order valence-electron chi connectivity index (χ2n) is 4.10. The molecule has 102 valence electrons. The highest BCUT2D eigenvalue weighted by Gasteiger charge is 2.07. The Bertz CT molecular complexity index is 649. The number of aromatic nitrogens is 3. The zero-order valence-corrected chi connectivity index (χ0v) is 11.2. The van der Waals surface area contributed by atoms with Crippen LogP contribution in [0.15, 0.2) is 10.9 Å². The molecule has 0 unspecified atom stereocenters. The van der Waals surface area contributed by atoms with E-state index >= 15 is 0 Å². The van der Waals surface area contributed by atoms with Crippen molar-refractivity contribution in [2.75, 3.05) is 6.54 Å². The average Bonchev–Trinajstić information content (AvgIpc) is 2.71. The summed E-state index contributed by atoms with van der Waals surface area (Å²) in [6.45, 7) is 2.88. The van der Waals surface area contributed by atoms with Crippen molar-refractivity contribution in [3.8, 4) is 0 Å². The van der Waals surface area contributed by atoms with Gasteiger partial charge in [-0.3, -0.25) is 9.59 Å². The van der Waals surface area contributed by atoms with Gasteiger partial charge in [0.25, 0.3) is 5.56 Å². The zero-order chi connectivity index (χ0) is 13.8. The number of fused-ring (bicyclic) bond motifs is 1. The molecule has 0 saturated carbocycles. The van der Waals surface area contributed by atoms with Crippen LogP contribution in [0.5, 0.6) is 0 Å². The number of carboxylic acid groups (broad SMARTS) is 1. The first-order valence-corrected chi connectivity index (χ1v) is 6.67. The van der Waals surface area contributed by atoms with Gasteiger partial charge in [-0.05, 0) is 19.9 Å². The summed E-state index contributed by atoms with van der Waals surface area (Å²) < 4.78 is 1.28. The normalized spacial score (nSPS) is 11.0. The molecule has 2 N–H and O–H groups in total. The van der Waals surface area contributed by atoms with Crippen LogP contribution in [0.25, 0.3) is 4.96 Å². The first-order chi connectivity index (χ1) is 9.06. The second kappa shape index (κ2) is 5.89. The van der Waals surface area contributed by atoms with E-state index in [-0.39, 0.29) is 12.0 Å². The zero-order valence-electron chi connectivity index (χ0n) is 10.4. The first kappa shape index (κ1) is 13.6. The summed E-state index contributed by atoms with van der Waals surface area (Å²) in [5.74, 6) is -0.798. The highest BCUT2D eigenvalue weighted by atomic mass is 32.1. The number of aryl methyl sites for hydroxylation is 1. The Morgan fingerprint density at radius 1 is 1.58 bits per heavy atom. The van der Waals surface area contributed by atoms with Crippen LogP contribution in [0.4, 0.5) is 0 Å². The molecule has 8 heteroatoms. The van der Waals surface area contributed by atoms with Gasteiger partial charge in [-0.1, -0.05) is 11.3 Å². The van der Waals surface area contributed by atoms with Gasteiger partial charge in [0.15, 0.2) is 0 Å². The standard InChI is InChI=1S/C11H14N4O3S/c1-7-5-9(16)15-11(13-7)19-8(14-15)6-12-4-2-3-10(17)18/h5,12H,2-4,6H2,1H3,(H,17,18). The molecular weight excluding hydrogens is 268 g/mol. The summed E-state index contributed by atoms with van der Waals surface area (Å²) in [4.78, 5) is 26.8. The Labute approximate surface area is 112 Å². The molecule has 0 spiro atoms. The summed E-state index contributed by atoms with van der Waals surface area (Å²) in [6, 6.07) is 1.44. The lowest BCUT2D eigenvalue weighted by Crippen LogP contribution is -2.17. The fraction of sp³-hybridized carbons (Fsp3) is 0.455. The number of carboxylic acids is 1. The predicted molar refractivity (Wildman–Crippen MR) is 70.4 cm³/mol. The Hall–Kier alpha value is -1.80. The van der Waals surface area contributed by atoms with E-state index in [0.717, 1.165) is 5.01 Å². The van der Waals surface area contributed by atoms with E-state index in [1.54, 1.807) is 6.92 Å². The Kier molecular flexibility index (Phi) is 4.23. The summed E-state index contributed by atoms with van der Waals surface area (Å²) in [6.07, 6.45) is 0.713. The van der Waals surface area contributed by atoms with Crippen molar-refractivity contribution in [1.82, 2.24) is 19.9 Å². The third-order valence-electron chi connectivity index (χ3n) is 2.44. The van der Waals surface area contributed by atoms with Crippen LogP contribution in [0.2, 0.25) is 0 Å². The highest BCUT2D eigenvalue weighted by molar-refractivity contribution is 7.16. The van der Waals surface area contributed by atoms with Crippen molar-refractivity contribution >= 4 is 22.3 Å². The molecule has 2 aromatic heterocycles. The minimum absolute atomic E-state index is 0.146. The molecule has 0 radical (unpaired) electrons. The lowest BCUT2D eigenvalue weighted by Gasteiger charge is -1.99. The van der Waals surface area contributed by atoms with Crippen LogP contribution < -0.4 is 10.9 Å². The second-order valence-corrected chi connectivity index (χ2v) is 5.14. The van der Waals surface area contributed by atoms with E-state index < -0.39 is 5.97 Å². The molecule has 0 aromatic carbocycles. The maximum atomic E-state index is 11.6. The van der Waals surface area contributed by atoms with E-state index in [1.165, 1.54) is 21.9 Å². The highest BCUT2D eigenvalue weighted by Crippen LogP contribution is 2.10. The monoisotopic (exact) mass is 282 g/mol. The predicted octanol–water partition coefficient (Wildman–Crippen LogP) is 0.414. The Balaban J connectivity index is 1.96. The number of rotatable bonds is 6. The molecule has 2 heterocycles. The van der Waals surface area contributed by atoms with Crippen molar-refractivity contribution in [2.24, 2.45) is 0 Å². The molecule has 2 aromatic rings. The molecule has 0 saturated heterocycles. The van der Waals surface area contributed by atoms with E-state index in [1.807, 2.05) is 0 Å². The smallest absolute Gasteiger partial charge is 0.303 e. The van der Waals surface area contributed by atoms with Crippen LogP contribution in [0.1, 0.15) is 23.5 Å². The SMILES string of the molecule is Cc1cc(=O)n2nc(CNCCCC(=O)O)sc2n1. The number of nitrogens with zero attached hydrogens (tertiary/aromatic N) is 3. The molecule has 19 heavy (non-hydrogen) atoms. The van der Waals surface area contributed by atoms with Gasteiger partial charge < -0.3 is 10.4 Å².